The fraction of sp³-hybridized carbons (Fsp3) is 0.545. The third-order valence-electron chi connectivity index (χ3n) is 3.27. The van der Waals surface area contributed by atoms with Gasteiger partial charge in [-0.25, -0.2) is 15.2 Å². The molecule has 0 atom stereocenters. The van der Waals surface area contributed by atoms with E-state index in [1.54, 1.807) is 11.9 Å². The molecule has 104 valence electrons. The molecule has 1 saturated heterocycles. The molecule has 0 aromatic carbocycles. The number of nitrogen functional groups attached to an aromatic ring is 1. The summed E-state index contributed by atoms with van der Waals surface area (Å²) in [5.41, 5.74) is 2.29. The maximum atomic E-state index is 13.7. The lowest BCUT2D eigenvalue weighted by atomic mass is 9.96. The van der Waals surface area contributed by atoms with Crippen molar-refractivity contribution in [3.05, 3.63) is 12.0 Å². The minimum atomic E-state index is -0.489. The highest BCUT2D eigenvalue weighted by molar-refractivity contribution is 5.78. The average molecular weight is 268 g/mol. The lowest BCUT2D eigenvalue weighted by molar-refractivity contribution is -0.125. The molecular weight excluding hydrogens is 251 g/mol. The number of hydrazine groups is 1. The minimum absolute atomic E-state index is 0.0155. The SMILES string of the molecule is CNC(=O)C1CCN(c2nc(NN)ncc2F)CC1. The average Bonchev–Trinajstić information content (AvgIpc) is 2.47. The molecule has 1 fully saturated rings. The standard InChI is InChI=1S/C11H17FN6O/c1-14-10(19)7-2-4-18(5-3-7)9-8(12)6-15-11(16-9)17-13/h6-7H,2-5,13H2,1H3,(H,14,19)(H,15,16,17). The molecule has 0 radical (unpaired) electrons. The van der Waals surface area contributed by atoms with Crippen LogP contribution in [-0.2, 0) is 4.79 Å². The monoisotopic (exact) mass is 268 g/mol. The smallest absolute Gasteiger partial charge is 0.239 e. The Balaban J connectivity index is 2.07. The number of hydrogen-bond acceptors (Lipinski definition) is 6. The number of carbonyl (C=O) groups is 1. The molecule has 19 heavy (non-hydrogen) atoms. The Hall–Kier alpha value is -1.96. The second-order valence-electron chi connectivity index (χ2n) is 4.39. The summed E-state index contributed by atoms with van der Waals surface area (Å²) in [6, 6.07) is 0. The van der Waals surface area contributed by atoms with Crippen LogP contribution in [0.5, 0.6) is 0 Å². The van der Waals surface area contributed by atoms with Gasteiger partial charge in [-0.15, -0.1) is 0 Å². The van der Waals surface area contributed by atoms with Crippen LogP contribution in [0.3, 0.4) is 0 Å². The van der Waals surface area contributed by atoms with Gasteiger partial charge in [0.15, 0.2) is 11.6 Å². The van der Waals surface area contributed by atoms with Crippen LogP contribution in [-0.4, -0.2) is 36.0 Å². The zero-order valence-electron chi connectivity index (χ0n) is 10.7. The molecule has 2 heterocycles. The van der Waals surface area contributed by atoms with Gasteiger partial charge >= 0.3 is 0 Å². The van der Waals surface area contributed by atoms with Crippen LogP contribution in [0.2, 0.25) is 0 Å². The molecule has 1 aromatic heterocycles. The lowest BCUT2D eigenvalue weighted by Gasteiger charge is -2.32. The summed E-state index contributed by atoms with van der Waals surface area (Å²) in [7, 11) is 1.62. The molecule has 1 aromatic rings. The van der Waals surface area contributed by atoms with E-state index >= 15 is 0 Å². The zero-order chi connectivity index (χ0) is 13.8. The molecule has 2 rings (SSSR count). The first-order valence-corrected chi connectivity index (χ1v) is 6.11. The van der Waals surface area contributed by atoms with Gasteiger partial charge in [0, 0.05) is 26.1 Å². The van der Waals surface area contributed by atoms with E-state index in [-0.39, 0.29) is 23.6 Å². The topological polar surface area (TPSA) is 96.2 Å². The van der Waals surface area contributed by atoms with Crippen molar-refractivity contribution >= 4 is 17.7 Å². The van der Waals surface area contributed by atoms with Crippen LogP contribution < -0.4 is 21.5 Å². The Labute approximate surface area is 110 Å². The number of hydrogen-bond donors (Lipinski definition) is 3. The van der Waals surface area contributed by atoms with E-state index in [2.05, 4.69) is 20.7 Å². The number of nitrogens with two attached hydrogens (primary N) is 1. The highest BCUT2D eigenvalue weighted by Gasteiger charge is 2.26. The van der Waals surface area contributed by atoms with Gasteiger partial charge < -0.3 is 10.2 Å². The van der Waals surface area contributed by atoms with Gasteiger partial charge in [-0.05, 0) is 12.8 Å². The molecule has 0 saturated carbocycles. The van der Waals surface area contributed by atoms with E-state index in [4.69, 9.17) is 5.84 Å². The third-order valence-corrected chi connectivity index (χ3v) is 3.27. The summed E-state index contributed by atoms with van der Waals surface area (Å²) >= 11 is 0. The first-order chi connectivity index (χ1) is 9.15. The number of nitrogens with zero attached hydrogens (tertiary/aromatic N) is 3. The second kappa shape index (κ2) is 5.79. The Morgan fingerprint density at radius 2 is 2.21 bits per heavy atom. The van der Waals surface area contributed by atoms with Crippen LogP contribution in [0, 0.1) is 11.7 Å². The molecule has 8 heteroatoms. The van der Waals surface area contributed by atoms with Gasteiger partial charge in [0.2, 0.25) is 11.9 Å². The van der Waals surface area contributed by atoms with Crippen molar-refractivity contribution < 1.29 is 9.18 Å². The van der Waals surface area contributed by atoms with E-state index in [0.717, 1.165) is 6.20 Å². The van der Waals surface area contributed by atoms with E-state index in [1.807, 2.05) is 0 Å². The number of nitrogens with one attached hydrogen (secondary N) is 2. The van der Waals surface area contributed by atoms with E-state index in [0.29, 0.717) is 25.9 Å². The molecule has 1 aliphatic rings. The molecule has 7 nitrogen and oxygen atoms in total. The van der Waals surface area contributed by atoms with Crippen molar-refractivity contribution in [2.24, 2.45) is 11.8 Å². The first-order valence-electron chi connectivity index (χ1n) is 6.11. The molecule has 1 aliphatic heterocycles. The summed E-state index contributed by atoms with van der Waals surface area (Å²) in [6.45, 7) is 1.16. The van der Waals surface area contributed by atoms with Crippen molar-refractivity contribution in [1.29, 1.82) is 0 Å². The number of carbonyl (C=O) groups excluding carboxylic acids is 1. The number of halogens is 1. The van der Waals surface area contributed by atoms with Gasteiger partial charge in [0.05, 0.1) is 6.20 Å². The molecular formula is C11H17FN6O. The van der Waals surface area contributed by atoms with Crippen LogP contribution in [0.4, 0.5) is 16.2 Å². The Morgan fingerprint density at radius 3 is 2.79 bits per heavy atom. The summed E-state index contributed by atoms with van der Waals surface area (Å²) in [5.74, 6) is 5.13. The van der Waals surface area contributed by atoms with Gasteiger partial charge in [-0.1, -0.05) is 0 Å². The van der Waals surface area contributed by atoms with Crippen molar-refractivity contribution in [3.63, 3.8) is 0 Å². The fourth-order valence-corrected chi connectivity index (χ4v) is 2.21. The predicted molar refractivity (Wildman–Crippen MR) is 68.8 cm³/mol. The first kappa shape index (κ1) is 13.5. The highest BCUT2D eigenvalue weighted by Crippen LogP contribution is 2.24. The molecule has 0 unspecified atom stereocenters. The summed E-state index contributed by atoms with van der Waals surface area (Å²) in [6.07, 6.45) is 2.44. The van der Waals surface area contributed by atoms with E-state index < -0.39 is 5.82 Å². The Bertz CT molecular complexity index is 460. The summed E-state index contributed by atoms with van der Waals surface area (Å²) < 4.78 is 13.7. The van der Waals surface area contributed by atoms with Crippen molar-refractivity contribution in [2.45, 2.75) is 12.8 Å². The maximum absolute atomic E-state index is 13.7. The van der Waals surface area contributed by atoms with Gasteiger partial charge in [0.1, 0.15) is 0 Å². The van der Waals surface area contributed by atoms with E-state index in [9.17, 15) is 9.18 Å². The summed E-state index contributed by atoms with van der Waals surface area (Å²) in [4.78, 5) is 21.0. The van der Waals surface area contributed by atoms with Crippen LogP contribution >= 0.6 is 0 Å². The van der Waals surface area contributed by atoms with Crippen LogP contribution in [0.15, 0.2) is 6.20 Å². The van der Waals surface area contributed by atoms with Crippen LogP contribution in [0.25, 0.3) is 0 Å². The number of amides is 1. The van der Waals surface area contributed by atoms with Crippen molar-refractivity contribution in [1.82, 2.24) is 15.3 Å². The number of anilines is 2. The third kappa shape index (κ3) is 2.90. The molecule has 0 bridgehead atoms. The Kier molecular flexibility index (Phi) is 4.10. The quantitative estimate of drug-likeness (QED) is 0.522. The molecule has 0 aliphatic carbocycles. The van der Waals surface area contributed by atoms with Crippen LogP contribution in [0.1, 0.15) is 12.8 Å². The van der Waals surface area contributed by atoms with Gasteiger partial charge in [-0.3, -0.25) is 10.2 Å². The van der Waals surface area contributed by atoms with Crippen molar-refractivity contribution in [2.75, 3.05) is 30.5 Å². The minimum Gasteiger partial charge on any atom is -0.359 e. The van der Waals surface area contributed by atoms with Gasteiger partial charge in [-0.2, -0.15) is 4.98 Å². The molecule has 0 spiro atoms. The fourth-order valence-electron chi connectivity index (χ4n) is 2.21. The summed E-state index contributed by atoms with van der Waals surface area (Å²) in [5, 5.41) is 2.64. The van der Waals surface area contributed by atoms with Crippen molar-refractivity contribution in [3.8, 4) is 0 Å². The normalized spacial score (nSPS) is 16.3. The zero-order valence-corrected chi connectivity index (χ0v) is 10.7. The highest BCUT2D eigenvalue weighted by atomic mass is 19.1. The lowest BCUT2D eigenvalue weighted by Crippen LogP contribution is -2.40. The van der Waals surface area contributed by atoms with E-state index in [1.165, 1.54) is 0 Å². The number of aromatic nitrogens is 2. The number of piperidine rings is 1. The Morgan fingerprint density at radius 1 is 1.53 bits per heavy atom. The number of rotatable bonds is 3. The molecule has 4 N–H and O–H groups in total. The predicted octanol–water partition coefficient (Wildman–Crippen LogP) is -0.136. The maximum Gasteiger partial charge on any atom is 0.239 e. The van der Waals surface area contributed by atoms with Gasteiger partial charge in [0.25, 0.3) is 0 Å². The largest absolute Gasteiger partial charge is 0.359 e. The second-order valence-corrected chi connectivity index (χ2v) is 4.39. The molecule has 1 amide bonds.